The molecule has 0 unspecified atom stereocenters. The van der Waals surface area contributed by atoms with Gasteiger partial charge in [0.25, 0.3) is 0 Å². The maximum Gasteiger partial charge on any atom is 0.165 e. The van der Waals surface area contributed by atoms with Crippen molar-refractivity contribution in [3.8, 4) is 11.8 Å². The van der Waals surface area contributed by atoms with Gasteiger partial charge in [-0.15, -0.1) is 0 Å². The number of hydrogen-bond acceptors (Lipinski definition) is 3. The third-order valence-electron chi connectivity index (χ3n) is 1.85. The van der Waals surface area contributed by atoms with E-state index in [4.69, 9.17) is 14.7 Å². The fraction of sp³-hybridized carbons (Fsp3) is 0.417. The van der Waals surface area contributed by atoms with E-state index in [0.717, 1.165) is 0 Å². The van der Waals surface area contributed by atoms with Gasteiger partial charge in [-0.1, -0.05) is 0 Å². The van der Waals surface area contributed by atoms with Crippen LogP contribution >= 0.6 is 0 Å². The molecule has 0 amide bonds. The number of rotatable bonds is 5. The molecule has 0 atom stereocenters. The van der Waals surface area contributed by atoms with Crippen molar-refractivity contribution in [2.45, 2.75) is 20.0 Å². The summed E-state index contributed by atoms with van der Waals surface area (Å²) >= 11 is 0. The van der Waals surface area contributed by atoms with Gasteiger partial charge in [-0.2, -0.15) is 5.26 Å². The molecule has 1 aromatic rings. The Morgan fingerprint density at radius 2 is 2.12 bits per heavy atom. The lowest BCUT2D eigenvalue weighted by Crippen LogP contribution is -2.11. The molecule has 0 aromatic heterocycles. The molecule has 0 heterocycles. The molecule has 0 aliphatic rings. The number of halogens is 1. The van der Waals surface area contributed by atoms with Gasteiger partial charge in [-0.05, 0) is 26.0 Å². The van der Waals surface area contributed by atoms with E-state index in [0.29, 0.717) is 12.2 Å². The minimum atomic E-state index is -0.469. The Morgan fingerprint density at radius 1 is 1.38 bits per heavy atom. The van der Waals surface area contributed by atoms with E-state index < -0.39 is 5.82 Å². The summed E-state index contributed by atoms with van der Waals surface area (Å²) in [5, 5.41) is 8.64. The van der Waals surface area contributed by atoms with Gasteiger partial charge in [0.2, 0.25) is 0 Å². The summed E-state index contributed by atoms with van der Waals surface area (Å²) in [6.45, 7) is 4.49. The van der Waals surface area contributed by atoms with Crippen molar-refractivity contribution in [2.24, 2.45) is 0 Å². The van der Waals surface area contributed by atoms with E-state index in [-0.39, 0.29) is 18.5 Å². The lowest BCUT2D eigenvalue weighted by atomic mass is 10.2. The smallest absolute Gasteiger partial charge is 0.165 e. The van der Waals surface area contributed by atoms with Crippen LogP contribution in [0.3, 0.4) is 0 Å². The fourth-order valence-electron chi connectivity index (χ4n) is 1.12. The highest BCUT2D eigenvalue weighted by Gasteiger charge is 2.04. The van der Waals surface area contributed by atoms with Crippen LogP contribution in [0.25, 0.3) is 0 Å². The molecule has 0 radical (unpaired) electrons. The summed E-state index contributed by atoms with van der Waals surface area (Å²) in [7, 11) is 0. The van der Waals surface area contributed by atoms with E-state index in [1.807, 2.05) is 19.9 Å². The van der Waals surface area contributed by atoms with Crippen molar-refractivity contribution >= 4 is 0 Å². The molecule has 1 aromatic carbocycles. The second kappa shape index (κ2) is 6.09. The van der Waals surface area contributed by atoms with Crippen LogP contribution < -0.4 is 4.74 Å². The normalized spacial score (nSPS) is 10.2. The molecule has 0 spiro atoms. The van der Waals surface area contributed by atoms with Crippen molar-refractivity contribution in [2.75, 3.05) is 13.2 Å². The van der Waals surface area contributed by atoms with Crippen molar-refractivity contribution in [1.82, 2.24) is 0 Å². The van der Waals surface area contributed by atoms with Crippen LogP contribution in [0.15, 0.2) is 18.2 Å². The first-order valence-electron chi connectivity index (χ1n) is 5.07. The Labute approximate surface area is 94.4 Å². The number of hydrogen-bond donors (Lipinski definition) is 0. The molecule has 0 aliphatic heterocycles. The molecule has 3 nitrogen and oxygen atoms in total. The van der Waals surface area contributed by atoms with Gasteiger partial charge >= 0.3 is 0 Å². The van der Waals surface area contributed by atoms with Gasteiger partial charge < -0.3 is 9.47 Å². The van der Waals surface area contributed by atoms with E-state index in [2.05, 4.69) is 0 Å². The Morgan fingerprint density at radius 3 is 2.75 bits per heavy atom. The van der Waals surface area contributed by atoms with Crippen LogP contribution in [-0.2, 0) is 4.74 Å². The van der Waals surface area contributed by atoms with Crippen LogP contribution in [0.4, 0.5) is 4.39 Å². The van der Waals surface area contributed by atoms with E-state index in [1.165, 1.54) is 18.2 Å². The van der Waals surface area contributed by atoms with Crippen molar-refractivity contribution in [3.63, 3.8) is 0 Å². The van der Waals surface area contributed by atoms with Crippen molar-refractivity contribution < 1.29 is 13.9 Å². The molecule has 0 bridgehead atoms. The number of benzene rings is 1. The minimum absolute atomic E-state index is 0.0893. The molecule has 16 heavy (non-hydrogen) atoms. The van der Waals surface area contributed by atoms with Gasteiger partial charge in [0, 0.05) is 6.07 Å². The van der Waals surface area contributed by atoms with Gasteiger partial charge in [0.15, 0.2) is 11.6 Å². The van der Waals surface area contributed by atoms with Crippen molar-refractivity contribution in [1.29, 1.82) is 5.26 Å². The Hall–Kier alpha value is -1.60. The van der Waals surface area contributed by atoms with Crippen LogP contribution in [0.1, 0.15) is 19.4 Å². The van der Waals surface area contributed by atoms with Crippen LogP contribution in [0, 0.1) is 17.1 Å². The first-order valence-corrected chi connectivity index (χ1v) is 5.07. The third-order valence-corrected chi connectivity index (χ3v) is 1.85. The topological polar surface area (TPSA) is 42.2 Å². The number of nitrogens with zero attached hydrogens (tertiary/aromatic N) is 1. The molecule has 1 rings (SSSR count). The lowest BCUT2D eigenvalue weighted by molar-refractivity contribution is 0.0544. The van der Waals surface area contributed by atoms with E-state index in [1.54, 1.807) is 0 Å². The average molecular weight is 223 g/mol. The quantitative estimate of drug-likeness (QED) is 0.720. The second-order valence-corrected chi connectivity index (χ2v) is 3.53. The van der Waals surface area contributed by atoms with Gasteiger partial charge in [0.1, 0.15) is 6.61 Å². The Bertz CT molecular complexity index is 385. The lowest BCUT2D eigenvalue weighted by Gasteiger charge is -2.09. The van der Waals surface area contributed by atoms with Crippen molar-refractivity contribution in [3.05, 3.63) is 29.6 Å². The molecule has 0 N–H and O–H groups in total. The highest BCUT2D eigenvalue weighted by Crippen LogP contribution is 2.18. The first kappa shape index (κ1) is 12.5. The second-order valence-electron chi connectivity index (χ2n) is 3.53. The van der Waals surface area contributed by atoms with Crippen LogP contribution in [-0.4, -0.2) is 19.3 Å². The van der Waals surface area contributed by atoms with Gasteiger partial charge in [-0.25, -0.2) is 4.39 Å². The van der Waals surface area contributed by atoms with Gasteiger partial charge in [-0.3, -0.25) is 0 Å². The molecule has 86 valence electrons. The predicted octanol–water partition coefficient (Wildman–Crippen LogP) is 2.50. The molecular weight excluding hydrogens is 209 g/mol. The predicted molar refractivity (Wildman–Crippen MR) is 57.7 cm³/mol. The van der Waals surface area contributed by atoms with E-state index in [9.17, 15) is 4.39 Å². The molecule has 0 fully saturated rings. The summed E-state index contributed by atoms with van der Waals surface area (Å²) in [4.78, 5) is 0. The molecule has 4 heteroatoms. The average Bonchev–Trinajstić information content (AvgIpc) is 2.26. The number of ether oxygens (including phenoxy) is 2. The summed E-state index contributed by atoms with van der Waals surface area (Å²) in [5.41, 5.74) is 0.376. The molecule has 0 saturated heterocycles. The zero-order valence-corrected chi connectivity index (χ0v) is 9.37. The monoisotopic (exact) mass is 223 g/mol. The number of nitriles is 1. The maximum absolute atomic E-state index is 13.2. The molecular formula is C12H14FNO2. The zero-order valence-electron chi connectivity index (χ0n) is 9.37. The van der Waals surface area contributed by atoms with Crippen LogP contribution in [0.5, 0.6) is 5.75 Å². The summed E-state index contributed by atoms with van der Waals surface area (Å²) < 4.78 is 23.6. The Kier molecular flexibility index (Phi) is 4.74. The Balaban J connectivity index is 2.50. The maximum atomic E-state index is 13.2. The third kappa shape index (κ3) is 3.87. The summed E-state index contributed by atoms with van der Waals surface area (Å²) in [6.07, 6.45) is 0.124. The summed E-state index contributed by atoms with van der Waals surface area (Å²) in [6, 6.07) is 5.93. The zero-order chi connectivity index (χ0) is 12.0. The SMILES string of the molecule is CC(C)OCCOc1cc(C#N)ccc1F. The highest BCUT2D eigenvalue weighted by atomic mass is 19.1. The first-order chi connectivity index (χ1) is 7.63. The minimum Gasteiger partial charge on any atom is -0.488 e. The molecule has 0 aliphatic carbocycles. The standard InChI is InChI=1S/C12H14FNO2/c1-9(2)15-5-6-16-12-7-10(8-14)3-4-11(12)13/h3-4,7,9H,5-6H2,1-2H3. The highest BCUT2D eigenvalue weighted by molar-refractivity contribution is 5.37. The van der Waals surface area contributed by atoms with Gasteiger partial charge in [0.05, 0.1) is 24.3 Å². The summed E-state index contributed by atoms with van der Waals surface area (Å²) in [5.74, 6) is -0.380. The van der Waals surface area contributed by atoms with Crippen LogP contribution in [0.2, 0.25) is 0 Å². The molecule has 0 saturated carbocycles. The fourth-order valence-corrected chi connectivity index (χ4v) is 1.12. The largest absolute Gasteiger partial charge is 0.488 e. The van der Waals surface area contributed by atoms with E-state index >= 15 is 0 Å².